The minimum absolute atomic E-state index is 0.243. The van der Waals surface area contributed by atoms with Crippen molar-refractivity contribution in [2.75, 3.05) is 0 Å². The molecule has 0 fully saturated rings. The Labute approximate surface area is 155 Å². The number of hydrogen-bond acceptors (Lipinski definition) is 1. The number of Topliss-reactive ketones (excluding diaryl/α,β-unsaturated/α-hetero) is 1. The van der Waals surface area contributed by atoms with Crippen LogP contribution in [-0.4, -0.2) is 14.9 Å². The van der Waals surface area contributed by atoms with E-state index < -0.39 is 9.10 Å². The number of carbonyl (C=O) groups is 1. The molecule has 3 aromatic rings. The van der Waals surface area contributed by atoms with E-state index in [2.05, 4.69) is 92.9 Å². The monoisotopic (exact) mass is 490 g/mol. The second-order valence-electron chi connectivity index (χ2n) is 6.05. The van der Waals surface area contributed by atoms with Gasteiger partial charge >= 0.3 is 156 Å². The zero-order valence-corrected chi connectivity index (χ0v) is 17.6. The van der Waals surface area contributed by atoms with Gasteiger partial charge in [0.25, 0.3) is 0 Å². The van der Waals surface area contributed by atoms with Crippen molar-refractivity contribution >= 4 is 48.1 Å². The molecule has 0 aliphatic heterocycles. The molecule has 0 bridgehead atoms. The van der Waals surface area contributed by atoms with Gasteiger partial charge in [-0.2, -0.15) is 0 Å². The average Bonchev–Trinajstić information content (AvgIpc) is 2.63. The van der Waals surface area contributed by atoms with Gasteiger partial charge in [0.2, 0.25) is 0 Å². The normalized spacial score (nSPS) is 13.0. The van der Waals surface area contributed by atoms with Crippen LogP contribution >= 0.6 is 20.1 Å². The molecule has 0 spiro atoms. The van der Waals surface area contributed by atoms with Gasteiger partial charge in [-0.3, -0.25) is 0 Å². The van der Waals surface area contributed by atoms with E-state index in [-0.39, 0.29) is 5.78 Å². The van der Waals surface area contributed by atoms with Crippen LogP contribution < -0.4 is 13.1 Å². The summed E-state index contributed by atoms with van der Waals surface area (Å²) in [6.45, 7) is 1.72. The van der Waals surface area contributed by atoms with Gasteiger partial charge in [-0.15, -0.1) is 0 Å². The molecule has 0 unspecified atom stereocenters. The van der Waals surface area contributed by atoms with Gasteiger partial charge in [-0.05, 0) is 0 Å². The summed E-state index contributed by atoms with van der Waals surface area (Å²) in [4.78, 5) is 12.4. The fraction of sp³-hybridized carbons (Fsp3) is 0.0952. The molecule has 0 saturated heterocycles. The third kappa shape index (κ3) is 2.87. The molecule has 0 aliphatic rings. The van der Waals surface area contributed by atoms with Crippen molar-refractivity contribution in [3.8, 4) is 0 Å². The van der Waals surface area contributed by atoms with Crippen LogP contribution in [-0.2, 0) is 4.79 Å². The van der Waals surface area contributed by atoms with Gasteiger partial charge in [0, 0.05) is 0 Å². The predicted molar refractivity (Wildman–Crippen MR) is 113 cm³/mol. The molecule has 122 valence electrons. The predicted octanol–water partition coefficient (Wildman–Crippen LogP) is 3.63. The summed E-state index contributed by atoms with van der Waals surface area (Å²) >= 11 is 2.68. The summed E-state index contributed by atoms with van der Waals surface area (Å²) in [5, 5.41) is 0.581. The van der Waals surface area contributed by atoms with Crippen LogP contribution in [0.25, 0.3) is 0 Å². The number of ketones is 1. The summed E-state index contributed by atoms with van der Waals surface area (Å²) in [5.74, 6) is 0.243. The van der Waals surface area contributed by atoms with Crippen molar-refractivity contribution in [1.29, 1.82) is 0 Å². The van der Waals surface area contributed by atoms with E-state index in [1.165, 1.54) is 13.1 Å². The molecule has 3 aromatic carbocycles. The summed E-state index contributed by atoms with van der Waals surface area (Å²) in [6.07, 6.45) is 0. The van der Waals surface area contributed by atoms with E-state index in [1.54, 1.807) is 6.92 Å². The van der Waals surface area contributed by atoms with Crippen molar-refractivity contribution in [2.24, 2.45) is 0 Å². The Balaban J connectivity index is 2.45. The van der Waals surface area contributed by atoms with Crippen LogP contribution in [0, 0.1) is 0 Å². The molecule has 24 heavy (non-hydrogen) atoms. The van der Waals surface area contributed by atoms with E-state index in [0.717, 1.165) is 0 Å². The number of rotatable bonds is 5. The SMILES string of the molecule is CC(=O)C[As](I)(c1ccccc1)(c1ccccc1)c1ccccc1. The Kier molecular flexibility index (Phi) is 4.98. The summed E-state index contributed by atoms with van der Waals surface area (Å²) in [5.41, 5.74) is 0. The van der Waals surface area contributed by atoms with Gasteiger partial charge in [-0.25, -0.2) is 0 Å². The summed E-state index contributed by atoms with van der Waals surface area (Å²) < 4.78 is 3.89. The molecular formula is C21H20AsIO. The Morgan fingerprint density at radius 1 is 0.708 bits per heavy atom. The maximum atomic E-state index is 12.4. The Morgan fingerprint density at radius 3 is 1.25 bits per heavy atom. The average molecular weight is 490 g/mol. The van der Waals surface area contributed by atoms with Crippen LogP contribution in [0.1, 0.15) is 6.92 Å². The van der Waals surface area contributed by atoms with E-state index in [1.807, 2.05) is 18.2 Å². The molecule has 0 N–H and O–H groups in total. The van der Waals surface area contributed by atoms with Crippen molar-refractivity contribution in [2.45, 2.75) is 12.1 Å². The van der Waals surface area contributed by atoms with Crippen molar-refractivity contribution in [3.63, 3.8) is 0 Å². The van der Waals surface area contributed by atoms with Crippen molar-refractivity contribution < 1.29 is 4.79 Å². The van der Waals surface area contributed by atoms with Gasteiger partial charge in [0.1, 0.15) is 0 Å². The van der Waals surface area contributed by atoms with Crippen LogP contribution in [0.2, 0.25) is 5.21 Å². The molecule has 0 aliphatic carbocycles. The third-order valence-corrected chi connectivity index (χ3v) is 25.7. The Bertz CT molecular complexity index is 732. The quantitative estimate of drug-likeness (QED) is 0.395. The molecule has 0 atom stereocenters. The first-order valence-electron chi connectivity index (χ1n) is 7.95. The molecular weight excluding hydrogens is 470 g/mol. The number of hydrogen-bond donors (Lipinski definition) is 0. The molecule has 3 heteroatoms. The van der Waals surface area contributed by atoms with E-state index in [9.17, 15) is 4.79 Å². The summed E-state index contributed by atoms with van der Waals surface area (Å²) in [6, 6.07) is 31.8. The topological polar surface area (TPSA) is 17.1 Å². The molecule has 0 radical (unpaired) electrons. The molecule has 0 amide bonds. The third-order valence-electron chi connectivity index (χ3n) is 4.40. The molecule has 0 heterocycles. The fourth-order valence-corrected chi connectivity index (χ4v) is 20.6. The second kappa shape index (κ2) is 6.85. The van der Waals surface area contributed by atoms with Gasteiger partial charge in [0.05, 0.1) is 0 Å². The van der Waals surface area contributed by atoms with Gasteiger partial charge < -0.3 is 0 Å². The fourth-order valence-electron chi connectivity index (χ4n) is 3.36. The van der Waals surface area contributed by atoms with Gasteiger partial charge in [-0.1, -0.05) is 0 Å². The molecule has 1 nitrogen and oxygen atoms in total. The first kappa shape index (κ1) is 17.4. The first-order chi connectivity index (χ1) is 11.6. The zero-order valence-electron chi connectivity index (χ0n) is 13.6. The van der Waals surface area contributed by atoms with Gasteiger partial charge in [0.15, 0.2) is 0 Å². The van der Waals surface area contributed by atoms with Crippen LogP contribution in [0.5, 0.6) is 0 Å². The summed E-state index contributed by atoms with van der Waals surface area (Å²) in [7, 11) is -3.58. The van der Waals surface area contributed by atoms with E-state index in [0.29, 0.717) is 5.21 Å². The Morgan fingerprint density at radius 2 is 1.00 bits per heavy atom. The van der Waals surface area contributed by atoms with Crippen molar-refractivity contribution in [1.82, 2.24) is 0 Å². The van der Waals surface area contributed by atoms with Crippen LogP contribution in [0.3, 0.4) is 0 Å². The first-order valence-corrected chi connectivity index (χ1v) is 17.8. The van der Waals surface area contributed by atoms with Crippen molar-refractivity contribution in [3.05, 3.63) is 91.0 Å². The maximum absolute atomic E-state index is 12.4. The van der Waals surface area contributed by atoms with Crippen LogP contribution in [0.15, 0.2) is 91.0 Å². The zero-order chi connectivity index (χ0) is 17.1. The standard InChI is InChI=1S/C21H20AsIO/c1-18(24)17-22(23,19-11-5-2-6-12-19,20-13-7-3-8-14-20)21-15-9-4-10-16-21/h2-16H,17H2,1H3. The molecule has 3 rings (SSSR count). The number of benzene rings is 3. The molecule has 0 saturated carbocycles. The van der Waals surface area contributed by atoms with E-state index >= 15 is 0 Å². The Hall–Kier alpha value is -1.38. The minimum atomic E-state index is -3.58. The van der Waals surface area contributed by atoms with Crippen LogP contribution in [0.4, 0.5) is 0 Å². The number of halogens is 1. The van der Waals surface area contributed by atoms with E-state index in [4.69, 9.17) is 0 Å². The number of carbonyl (C=O) groups excluding carboxylic acids is 1. The second-order valence-corrected chi connectivity index (χ2v) is 26.0. The molecule has 0 aromatic heterocycles.